The van der Waals surface area contributed by atoms with Crippen molar-refractivity contribution in [3.05, 3.63) is 65.7 Å². The van der Waals surface area contributed by atoms with Gasteiger partial charge in [0.05, 0.1) is 40.7 Å². The lowest BCUT2D eigenvalue weighted by Crippen LogP contribution is -2.28. The largest absolute Gasteiger partial charge is 0.497 e. The van der Waals surface area contributed by atoms with E-state index in [1.54, 1.807) is 47.1 Å². The Morgan fingerprint density at radius 2 is 1.63 bits per heavy atom. The van der Waals surface area contributed by atoms with Gasteiger partial charge in [-0.25, -0.2) is 0 Å². The van der Waals surface area contributed by atoms with Crippen molar-refractivity contribution >= 4 is 23.4 Å². The maximum atomic E-state index is 12.7. The number of amides is 1. The SMILES string of the molecule is COc1ccc(OCCCCN(C)CCc2ccc(OC)c(OC)c2OC)c(C2Sc3ccccc3N2C(C)=O)c1. The number of methoxy groups -OCH3 is 4. The molecule has 3 aromatic carbocycles. The summed E-state index contributed by atoms with van der Waals surface area (Å²) < 4.78 is 28.3. The van der Waals surface area contributed by atoms with Crippen molar-refractivity contribution in [1.29, 1.82) is 0 Å². The number of thioether (sulfide) groups is 1. The van der Waals surface area contributed by atoms with E-state index in [0.29, 0.717) is 18.1 Å². The number of carbonyl (C=O) groups excluding carboxylic acids is 1. The number of hydrogen-bond acceptors (Lipinski definition) is 8. The Kier molecular flexibility index (Phi) is 10.7. The number of nitrogens with zero attached hydrogens (tertiary/aromatic N) is 2. The molecular weight excluding hydrogens is 540 g/mol. The normalized spacial score (nSPS) is 14.1. The van der Waals surface area contributed by atoms with Gasteiger partial charge in [0.1, 0.15) is 16.9 Å². The standard InChI is InChI=1S/C32H40N2O6S/c1-22(35)34-26-11-7-8-12-29(26)41-32(34)25-21-24(36-3)14-16-27(25)40-20-10-9-18-33(2)19-17-23-13-15-28(37-4)31(39-6)30(23)38-5/h7-8,11-16,21,32H,9-10,17-20H2,1-6H3. The maximum absolute atomic E-state index is 12.7. The first-order valence-electron chi connectivity index (χ1n) is 13.7. The zero-order valence-corrected chi connectivity index (χ0v) is 25.6. The van der Waals surface area contributed by atoms with Gasteiger partial charge in [-0.3, -0.25) is 9.69 Å². The maximum Gasteiger partial charge on any atom is 0.225 e. The molecule has 1 aliphatic heterocycles. The highest BCUT2D eigenvalue weighted by Crippen LogP contribution is 2.53. The Hall–Kier alpha value is -3.56. The molecule has 0 radical (unpaired) electrons. The van der Waals surface area contributed by atoms with Crippen molar-refractivity contribution in [3.8, 4) is 28.7 Å². The Bertz CT molecular complexity index is 1330. The third-order valence-electron chi connectivity index (χ3n) is 7.16. The van der Waals surface area contributed by atoms with Crippen molar-refractivity contribution in [3.63, 3.8) is 0 Å². The molecule has 220 valence electrons. The van der Waals surface area contributed by atoms with Crippen LogP contribution in [0.4, 0.5) is 5.69 Å². The Balaban J connectivity index is 1.32. The first-order valence-corrected chi connectivity index (χ1v) is 14.6. The minimum Gasteiger partial charge on any atom is -0.497 e. The summed E-state index contributed by atoms with van der Waals surface area (Å²) in [5.41, 5.74) is 2.94. The zero-order valence-electron chi connectivity index (χ0n) is 24.8. The quantitative estimate of drug-likeness (QED) is 0.209. The number of hydrogen-bond donors (Lipinski definition) is 0. The molecule has 1 atom stereocenters. The molecule has 8 nitrogen and oxygen atoms in total. The smallest absolute Gasteiger partial charge is 0.225 e. The molecule has 1 heterocycles. The summed E-state index contributed by atoms with van der Waals surface area (Å²) in [7, 11) is 8.67. The summed E-state index contributed by atoms with van der Waals surface area (Å²) in [4.78, 5) is 17.9. The highest BCUT2D eigenvalue weighted by atomic mass is 32.2. The van der Waals surface area contributed by atoms with Gasteiger partial charge >= 0.3 is 0 Å². The number of rotatable bonds is 14. The van der Waals surface area contributed by atoms with Gasteiger partial charge in [0.15, 0.2) is 11.5 Å². The fourth-order valence-electron chi connectivity index (χ4n) is 5.02. The van der Waals surface area contributed by atoms with Crippen molar-refractivity contribution < 1.29 is 28.5 Å². The number of para-hydroxylation sites is 1. The third kappa shape index (κ3) is 7.02. The van der Waals surface area contributed by atoms with Crippen LogP contribution in [0.25, 0.3) is 0 Å². The van der Waals surface area contributed by atoms with Gasteiger partial charge in [0.25, 0.3) is 0 Å². The van der Waals surface area contributed by atoms with Crippen molar-refractivity contribution in [1.82, 2.24) is 4.90 Å². The number of unbranched alkanes of at least 4 members (excludes halogenated alkanes) is 1. The molecule has 0 N–H and O–H groups in total. The lowest BCUT2D eigenvalue weighted by Gasteiger charge is -2.25. The van der Waals surface area contributed by atoms with E-state index in [9.17, 15) is 4.79 Å². The van der Waals surface area contributed by atoms with E-state index in [1.807, 2.05) is 59.5 Å². The van der Waals surface area contributed by atoms with Crippen LogP contribution < -0.4 is 28.6 Å². The van der Waals surface area contributed by atoms with Gasteiger partial charge in [-0.05, 0) is 74.8 Å². The van der Waals surface area contributed by atoms with Gasteiger partial charge in [0.2, 0.25) is 11.7 Å². The molecule has 0 fully saturated rings. The summed E-state index contributed by atoms with van der Waals surface area (Å²) in [6.45, 7) is 4.02. The van der Waals surface area contributed by atoms with Gasteiger partial charge in [0, 0.05) is 23.9 Å². The molecule has 0 spiro atoms. The van der Waals surface area contributed by atoms with Gasteiger partial charge < -0.3 is 28.6 Å². The zero-order chi connectivity index (χ0) is 29.4. The molecule has 0 aromatic heterocycles. The van der Waals surface area contributed by atoms with E-state index in [1.165, 1.54) is 0 Å². The molecule has 0 aliphatic carbocycles. The van der Waals surface area contributed by atoms with Crippen molar-refractivity contribution in [2.45, 2.75) is 36.5 Å². The minimum absolute atomic E-state index is 0.00467. The number of ether oxygens (including phenoxy) is 5. The number of fused-ring (bicyclic) bond motifs is 1. The van der Waals surface area contributed by atoms with Gasteiger partial charge in [-0.2, -0.15) is 0 Å². The number of likely N-dealkylation sites (N-methyl/N-ethyl adjacent to an activating group) is 1. The lowest BCUT2D eigenvalue weighted by molar-refractivity contribution is -0.116. The predicted molar refractivity (Wildman–Crippen MR) is 163 cm³/mol. The first-order chi connectivity index (χ1) is 19.9. The van der Waals surface area contributed by atoms with E-state index in [4.69, 9.17) is 23.7 Å². The molecule has 41 heavy (non-hydrogen) atoms. The second-order valence-electron chi connectivity index (χ2n) is 9.83. The Morgan fingerprint density at radius 1 is 0.878 bits per heavy atom. The summed E-state index contributed by atoms with van der Waals surface area (Å²) in [6, 6.07) is 17.8. The van der Waals surface area contributed by atoms with Crippen LogP contribution in [0.15, 0.2) is 59.5 Å². The summed E-state index contributed by atoms with van der Waals surface area (Å²) in [5, 5.41) is -0.213. The second kappa shape index (κ2) is 14.4. The monoisotopic (exact) mass is 580 g/mol. The first kappa shape index (κ1) is 30.4. The van der Waals surface area contributed by atoms with E-state index in [-0.39, 0.29) is 11.3 Å². The molecule has 9 heteroatoms. The topological polar surface area (TPSA) is 69.7 Å². The van der Waals surface area contributed by atoms with E-state index in [0.717, 1.165) is 71.3 Å². The van der Waals surface area contributed by atoms with Gasteiger partial charge in [-0.1, -0.05) is 30.0 Å². The molecule has 3 aromatic rings. The highest BCUT2D eigenvalue weighted by Gasteiger charge is 2.35. The van der Waals surface area contributed by atoms with E-state index in [2.05, 4.69) is 11.9 Å². The number of carbonyl (C=O) groups is 1. The molecule has 1 amide bonds. The lowest BCUT2D eigenvalue weighted by atomic mass is 10.1. The van der Waals surface area contributed by atoms with Gasteiger partial charge in [-0.15, -0.1) is 0 Å². The van der Waals surface area contributed by atoms with Crippen LogP contribution in [0.1, 0.15) is 36.3 Å². The van der Waals surface area contributed by atoms with E-state index < -0.39 is 0 Å². The fraction of sp³-hybridized carbons (Fsp3) is 0.406. The molecule has 4 rings (SSSR count). The summed E-state index contributed by atoms with van der Waals surface area (Å²) >= 11 is 1.66. The van der Waals surface area contributed by atoms with Crippen LogP contribution in [-0.2, 0) is 11.2 Å². The second-order valence-corrected chi connectivity index (χ2v) is 11.0. The van der Waals surface area contributed by atoms with Crippen molar-refractivity contribution in [2.75, 3.05) is 60.1 Å². The molecule has 0 saturated carbocycles. The molecule has 1 unspecified atom stereocenters. The van der Waals surface area contributed by atoms with E-state index >= 15 is 0 Å². The van der Waals surface area contributed by atoms with Crippen molar-refractivity contribution in [2.24, 2.45) is 0 Å². The highest BCUT2D eigenvalue weighted by molar-refractivity contribution is 8.00. The van der Waals surface area contributed by atoms with Crippen LogP contribution in [0, 0.1) is 0 Å². The average Bonchev–Trinajstić information content (AvgIpc) is 3.39. The number of anilines is 1. The minimum atomic E-state index is -0.213. The Labute approximate surface area is 247 Å². The summed E-state index contributed by atoms with van der Waals surface area (Å²) in [5.74, 6) is 3.50. The molecule has 0 saturated heterocycles. The third-order valence-corrected chi connectivity index (χ3v) is 8.45. The Morgan fingerprint density at radius 3 is 2.34 bits per heavy atom. The van der Waals surface area contributed by atoms with Crippen LogP contribution in [0.5, 0.6) is 28.7 Å². The molecule has 1 aliphatic rings. The van der Waals surface area contributed by atoms with Crippen LogP contribution >= 0.6 is 11.8 Å². The average molecular weight is 581 g/mol. The molecule has 0 bridgehead atoms. The molecular formula is C32H40N2O6S. The van der Waals surface area contributed by atoms with Crippen LogP contribution in [-0.4, -0.2) is 66.0 Å². The summed E-state index contributed by atoms with van der Waals surface area (Å²) in [6.07, 6.45) is 2.73. The fourth-order valence-corrected chi connectivity index (χ4v) is 6.38. The predicted octanol–water partition coefficient (Wildman–Crippen LogP) is 6.21. The van der Waals surface area contributed by atoms with Crippen LogP contribution in [0.3, 0.4) is 0 Å². The van der Waals surface area contributed by atoms with Crippen LogP contribution in [0.2, 0.25) is 0 Å². The number of benzene rings is 3.